The highest BCUT2D eigenvalue weighted by Gasteiger charge is 2.44. The molecule has 0 radical (unpaired) electrons. The minimum atomic E-state index is -0.147. The maximum absolute atomic E-state index is 12.8. The zero-order valence-electron chi connectivity index (χ0n) is 16.9. The van der Waals surface area contributed by atoms with Gasteiger partial charge >= 0.3 is 0 Å². The molecule has 4 aromatic rings. The fourth-order valence-electron chi connectivity index (χ4n) is 3.80. The van der Waals surface area contributed by atoms with Crippen molar-refractivity contribution in [2.24, 2.45) is 5.92 Å². The van der Waals surface area contributed by atoms with Gasteiger partial charge in [0.1, 0.15) is 5.01 Å². The van der Waals surface area contributed by atoms with Gasteiger partial charge in [-0.15, -0.1) is 11.3 Å². The number of amides is 2. The molecule has 2 aromatic heterocycles. The summed E-state index contributed by atoms with van der Waals surface area (Å²) < 4.78 is 0. The lowest BCUT2D eigenvalue weighted by atomic mass is 10.0. The van der Waals surface area contributed by atoms with Gasteiger partial charge in [0.05, 0.1) is 11.6 Å². The normalized spacial score (nSPS) is 17.2. The van der Waals surface area contributed by atoms with Crippen molar-refractivity contribution >= 4 is 51.2 Å². The van der Waals surface area contributed by atoms with Crippen LogP contribution in [0.1, 0.15) is 33.3 Å². The lowest BCUT2D eigenvalue weighted by Gasteiger charge is -2.08. The van der Waals surface area contributed by atoms with E-state index in [1.165, 1.54) is 11.3 Å². The van der Waals surface area contributed by atoms with Crippen LogP contribution in [0.2, 0.25) is 5.02 Å². The molecule has 1 fully saturated rings. The van der Waals surface area contributed by atoms with Crippen molar-refractivity contribution in [1.82, 2.24) is 15.3 Å². The van der Waals surface area contributed by atoms with Gasteiger partial charge in [-0.05, 0) is 42.2 Å². The van der Waals surface area contributed by atoms with Crippen molar-refractivity contribution in [3.05, 3.63) is 87.6 Å². The number of halogens is 1. The van der Waals surface area contributed by atoms with E-state index in [-0.39, 0.29) is 23.7 Å². The number of hydrogen-bond acceptors (Lipinski definition) is 5. The first kappa shape index (κ1) is 20.6. The first-order valence-corrected chi connectivity index (χ1v) is 11.4. The van der Waals surface area contributed by atoms with Crippen LogP contribution in [0.15, 0.2) is 66.4 Å². The average Bonchev–Trinajstić information content (AvgIpc) is 3.45. The molecular formula is C24H19ClN4O2S. The number of hydrogen-bond donors (Lipinski definition) is 2. The second kappa shape index (κ2) is 8.68. The number of thiazole rings is 1. The SMILES string of the molecule is O=C(NCc1nccs1)c1cccc([C@@H]2C[C@H]2C(=O)Nc2ccc3cncc(Cl)c3c2)c1. The zero-order chi connectivity index (χ0) is 22.1. The Morgan fingerprint density at radius 3 is 2.91 bits per heavy atom. The van der Waals surface area contributed by atoms with Crippen molar-refractivity contribution in [2.45, 2.75) is 18.9 Å². The Balaban J connectivity index is 1.23. The number of carbonyl (C=O) groups excluding carboxylic acids is 2. The first-order valence-electron chi connectivity index (χ1n) is 10.2. The quantitative estimate of drug-likeness (QED) is 0.421. The fourth-order valence-corrected chi connectivity index (χ4v) is 4.58. The van der Waals surface area contributed by atoms with E-state index in [2.05, 4.69) is 20.6 Å². The molecule has 2 atom stereocenters. The standard InChI is InChI=1S/C24H19ClN4O2S/c25-21-12-26-11-16-4-5-17(9-19(16)21)29-24(31)20-10-18(20)14-2-1-3-15(8-14)23(30)28-13-22-27-6-7-32-22/h1-9,11-12,18,20H,10,13H2,(H,28,30)(H,29,31)/t18-,20+/m0/s1. The van der Waals surface area contributed by atoms with Crippen LogP contribution in [-0.2, 0) is 11.3 Å². The van der Waals surface area contributed by atoms with Gasteiger partial charge in [-0.2, -0.15) is 0 Å². The summed E-state index contributed by atoms with van der Waals surface area (Å²) in [6.07, 6.45) is 5.80. The summed E-state index contributed by atoms with van der Waals surface area (Å²) in [6.45, 7) is 0.404. The lowest BCUT2D eigenvalue weighted by molar-refractivity contribution is -0.117. The van der Waals surface area contributed by atoms with Crippen molar-refractivity contribution in [1.29, 1.82) is 0 Å². The summed E-state index contributed by atoms with van der Waals surface area (Å²) in [4.78, 5) is 33.5. The van der Waals surface area contributed by atoms with Gasteiger partial charge in [-0.3, -0.25) is 14.6 Å². The van der Waals surface area contributed by atoms with Gasteiger partial charge in [0.2, 0.25) is 5.91 Å². The number of nitrogens with zero attached hydrogens (tertiary/aromatic N) is 2. The van der Waals surface area contributed by atoms with Gasteiger partial charge in [-0.25, -0.2) is 4.98 Å². The summed E-state index contributed by atoms with van der Waals surface area (Å²) >= 11 is 7.73. The van der Waals surface area contributed by atoms with Crippen LogP contribution in [0.4, 0.5) is 5.69 Å². The fraction of sp³-hybridized carbons (Fsp3) is 0.167. The predicted octanol–water partition coefficient (Wildman–Crippen LogP) is 5.02. The minimum Gasteiger partial charge on any atom is -0.346 e. The smallest absolute Gasteiger partial charge is 0.251 e. The Hall–Kier alpha value is -3.29. The second-order valence-electron chi connectivity index (χ2n) is 7.73. The minimum absolute atomic E-state index is 0.0295. The molecule has 1 aliphatic rings. The number of aromatic nitrogens is 2. The van der Waals surface area contributed by atoms with E-state index in [9.17, 15) is 9.59 Å². The molecule has 0 saturated heterocycles. The van der Waals surface area contributed by atoms with Gasteiger partial charge in [-0.1, -0.05) is 29.8 Å². The third-order valence-corrected chi connectivity index (χ3v) is 6.65. The topological polar surface area (TPSA) is 84.0 Å². The number of anilines is 1. The monoisotopic (exact) mass is 462 g/mol. The predicted molar refractivity (Wildman–Crippen MR) is 126 cm³/mol. The molecule has 2 amide bonds. The molecule has 2 heterocycles. The number of pyridine rings is 1. The van der Waals surface area contributed by atoms with E-state index in [0.717, 1.165) is 27.8 Å². The molecule has 2 N–H and O–H groups in total. The first-order chi connectivity index (χ1) is 15.6. The molecule has 0 bridgehead atoms. The highest BCUT2D eigenvalue weighted by atomic mass is 35.5. The third kappa shape index (κ3) is 4.35. The highest BCUT2D eigenvalue weighted by Crippen LogP contribution is 2.48. The van der Waals surface area contributed by atoms with E-state index < -0.39 is 0 Å². The Morgan fingerprint density at radius 2 is 2.06 bits per heavy atom. The molecule has 1 aliphatic carbocycles. The Bertz CT molecular complexity index is 1310. The molecule has 2 aromatic carbocycles. The van der Waals surface area contributed by atoms with Crippen LogP contribution in [0.5, 0.6) is 0 Å². The molecule has 0 aliphatic heterocycles. The van der Waals surface area contributed by atoms with E-state index in [4.69, 9.17) is 11.6 Å². The van der Waals surface area contributed by atoms with E-state index in [0.29, 0.717) is 22.8 Å². The lowest BCUT2D eigenvalue weighted by Crippen LogP contribution is -2.22. The summed E-state index contributed by atoms with van der Waals surface area (Å²) in [6, 6.07) is 13.1. The van der Waals surface area contributed by atoms with Gasteiger partial charge < -0.3 is 10.6 Å². The van der Waals surface area contributed by atoms with Gasteiger partial charge in [0.15, 0.2) is 0 Å². The van der Waals surface area contributed by atoms with Crippen molar-refractivity contribution in [3.63, 3.8) is 0 Å². The Kier molecular flexibility index (Phi) is 5.59. The van der Waals surface area contributed by atoms with Crippen molar-refractivity contribution in [3.8, 4) is 0 Å². The molecule has 6 nitrogen and oxygen atoms in total. The van der Waals surface area contributed by atoms with Gasteiger partial charge in [0.25, 0.3) is 5.91 Å². The second-order valence-corrected chi connectivity index (χ2v) is 9.12. The van der Waals surface area contributed by atoms with Crippen molar-refractivity contribution in [2.75, 3.05) is 5.32 Å². The van der Waals surface area contributed by atoms with E-state index >= 15 is 0 Å². The molecule has 5 rings (SSSR count). The number of rotatable bonds is 6. The molecule has 32 heavy (non-hydrogen) atoms. The van der Waals surface area contributed by atoms with Gasteiger partial charge in [0, 0.05) is 51.9 Å². The maximum atomic E-state index is 12.8. The number of benzene rings is 2. The Morgan fingerprint density at radius 1 is 1.16 bits per heavy atom. The van der Waals surface area contributed by atoms with E-state index in [1.54, 1.807) is 24.7 Å². The highest BCUT2D eigenvalue weighted by molar-refractivity contribution is 7.09. The molecule has 8 heteroatoms. The van der Waals surface area contributed by atoms with E-state index in [1.807, 2.05) is 41.8 Å². The summed E-state index contributed by atoms with van der Waals surface area (Å²) in [5, 5.41) is 10.9. The molecule has 160 valence electrons. The number of nitrogens with one attached hydrogen (secondary N) is 2. The van der Waals surface area contributed by atoms with Crippen LogP contribution in [-0.4, -0.2) is 21.8 Å². The average molecular weight is 463 g/mol. The molecule has 1 saturated carbocycles. The van der Waals surface area contributed by atoms with Crippen molar-refractivity contribution < 1.29 is 9.59 Å². The van der Waals surface area contributed by atoms with Crippen LogP contribution in [0.25, 0.3) is 10.8 Å². The van der Waals surface area contributed by atoms with Crippen LogP contribution in [0, 0.1) is 5.92 Å². The number of carbonyl (C=O) groups is 2. The largest absolute Gasteiger partial charge is 0.346 e. The van der Waals surface area contributed by atoms with Crippen LogP contribution in [0.3, 0.4) is 0 Å². The summed E-state index contributed by atoms with van der Waals surface area (Å²) in [5.41, 5.74) is 2.29. The Labute approximate surface area is 193 Å². The van der Waals surface area contributed by atoms with Crippen LogP contribution < -0.4 is 10.6 Å². The zero-order valence-corrected chi connectivity index (χ0v) is 18.5. The molecule has 0 spiro atoms. The van der Waals surface area contributed by atoms with Crippen LogP contribution >= 0.6 is 22.9 Å². The molecule has 0 unspecified atom stereocenters. The summed E-state index contributed by atoms with van der Waals surface area (Å²) in [7, 11) is 0. The number of fused-ring (bicyclic) bond motifs is 1. The summed E-state index contributed by atoms with van der Waals surface area (Å²) in [5.74, 6) is -0.188. The maximum Gasteiger partial charge on any atom is 0.251 e. The molecular weight excluding hydrogens is 444 g/mol. The third-order valence-electron chi connectivity index (χ3n) is 5.57.